The first-order valence-electron chi connectivity index (χ1n) is 4.99. The van der Waals surface area contributed by atoms with Crippen LogP contribution in [0.1, 0.15) is 25.0 Å². The molecule has 0 aliphatic rings. The van der Waals surface area contributed by atoms with Gasteiger partial charge in [0.2, 0.25) is 0 Å². The average molecular weight is 232 g/mol. The van der Waals surface area contributed by atoms with Crippen molar-refractivity contribution in [1.82, 2.24) is 5.32 Å². The van der Waals surface area contributed by atoms with Crippen molar-refractivity contribution in [2.24, 2.45) is 0 Å². The van der Waals surface area contributed by atoms with E-state index in [9.17, 15) is 9.50 Å². The van der Waals surface area contributed by atoms with Crippen LogP contribution in [-0.2, 0) is 0 Å². The van der Waals surface area contributed by atoms with Crippen molar-refractivity contribution in [3.05, 3.63) is 34.6 Å². The summed E-state index contributed by atoms with van der Waals surface area (Å²) in [5, 5.41) is 13.0. The molecule has 0 fully saturated rings. The average Bonchev–Trinajstić information content (AvgIpc) is 2.17. The van der Waals surface area contributed by atoms with Crippen molar-refractivity contribution < 1.29 is 9.50 Å². The number of aliphatic hydroxyl groups is 1. The Hall–Kier alpha value is -0.640. The summed E-state index contributed by atoms with van der Waals surface area (Å²) in [6, 6.07) is 4.29. The second-order valence-electron chi connectivity index (χ2n) is 3.39. The molecular formula is C11H15ClFNO. The third-order valence-corrected chi connectivity index (χ3v) is 2.32. The number of hydrogen-bond donors (Lipinski definition) is 2. The number of rotatable bonds is 5. The zero-order valence-corrected chi connectivity index (χ0v) is 9.39. The van der Waals surface area contributed by atoms with Gasteiger partial charge in [0.25, 0.3) is 0 Å². The zero-order valence-electron chi connectivity index (χ0n) is 8.63. The maximum atomic E-state index is 13.3. The second kappa shape index (κ2) is 6.05. The lowest BCUT2D eigenvalue weighted by Crippen LogP contribution is -2.22. The third-order valence-electron chi connectivity index (χ3n) is 2.09. The minimum Gasteiger partial charge on any atom is -0.387 e. The van der Waals surface area contributed by atoms with Crippen molar-refractivity contribution in [2.75, 3.05) is 13.1 Å². The van der Waals surface area contributed by atoms with Gasteiger partial charge in [-0.15, -0.1) is 0 Å². The van der Waals surface area contributed by atoms with Gasteiger partial charge in [-0.2, -0.15) is 0 Å². The lowest BCUT2D eigenvalue weighted by molar-refractivity contribution is 0.170. The molecule has 0 aliphatic carbocycles. The van der Waals surface area contributed by atoms with Gasteiger partial charge < -0.3 is 10.4 Å². The molecule has 0 heterocycles. The molecular weight excluding hydrogens is 217 g/mol. The van der Waals surface area contributed by atoms with Gasteiger partial charge in [-0.05, 0) is 25.1 Å². The van der Waals surface area contributed by atoms with Gasteiger partial charge in [0.1, 0.15) is 5.82 Å². The van der Waals surface area contributed by atoms with Crippen LogP contribution in [-0.4, -0.2) is 18.2 Å². The normalized spacial score (nSPS) is 12.8. The number of nitrogens with one attached hydrogen (secondary N) is 1. The number of benzene rings is 1. The van der Waals surface area contributed by atoms with E-state index in [1.807, 2.05) is 6.92 Å². The van der Waals surface area contributed by atoms with E-state index in [0.717, 1.165) is 13.0 Å². The highest BCUT2D eigenvalue weighted by Crippen LogP contribution is 2.20. The Morgan fingerprint density at radius 2 is 2.27 bits per heavy atom. The van der Waals surface area contributed by atoms with Crippen LogP contribution in [0.15, 0.2) is 18.2 Å². The Bertz CT molecular complexity index is 319. The Morgan fingerprint density at radius 3 is 2.87 bits per heavy atom. The van der Waals surface area contributed by atoms with E-state index in [2.05, 4.69) is 5.32 Å². The molecule has 15 heavy (non-hydrogen) atoms. The predicted molar refractivity (Wildman–Crippen MR) is 59.5 cm³/mol. The quantitative estimate of drug-likeness (QED) is 0.764. The van der Waals surface area contributed by atoms with Gasteiger partial charge >= 0.3 is 0 Å². The minimum atomic E-state index is -0.825. The van der Waals surface area contributed by atoms with E-state index in [4.69, 9.17) is 11.6 Å². The molecule has 0 saturated carbocycles. The van der Waals surface area contributed by atoms with Crippen LogP contribution in [0.25, 0.3) is 0 Å². The van der Waals surface area contributed by atoms with Crippen LogP contribution >= 0.6 is 11.6 Å². The fraction of sp³-hybridized carbons (Fsp3) is 0.455. The topological polar surface area (TPSA) is 32.3 Å². The predicted octanol–water partition coefficient (Wildman–Crippen LogP) is 2.51. The molecule has 1 aromatic carbocycles. The molecule has 1 rings (SSSR count). The highest BCUT2D eigenvalue weighted by atomic mass is 35.5. The summed E-state index contributed by atoms with van der Waals surface area (Å²) in [6.45, 7) is 3.20. The van der Waals surface area contributed by atoms with E-state index in [1.165, 1.54) is 12.1 Å². The monoisotopic (exact) mass is 231 g/mol. The second-order valence-corrected chi connectivity index (χ2v) is 3.82. The van der Waals surface area contributed by atoms with Crippen molar-refractivity contribution in [2.45, 2.75) is 19.4 Å². The molecule has 0 spiro atoms. The molecule has 0 saturated heterocycles. The van der Waals surface area contributed by atoms with Crippen LogP contribution in [0.4, 0.5) is 4.39 Å². The van der Waals surface area contributed by atoms with E-state index < -0.39 is 11.9 Å². The molecule has 0 radical (unpaired) electrons. The Kier molecular flexibility index (Phi) is 5.02. The molecule has 0 aliphatic heterocycles. The first-order valence-corrected chi connectivity index (χ1v) is 5.36. The molecule has 1 atom stereocenters. The first kappa shape index (κ1) is 12.4. The Morgan fingerprint density at radius 1 is 1.53 bits per heavy atom. The zero-order chi connectivity index (χ0) is 11.3. The molecule has 2 nitrogen and oxygen atoms in total. The van der Waals surface area contributed by atoms with Crippen molar-refractivity contribution in [3.8, 4) is 0 Å². The van der Waals surface area contributed by atoms with Crippen molar-refractivity contribution >= 4 is 11.6 Å². The lowest BCUT2D eigenvalue weighted by Gasteiger charge is -2.12. The summed E-state index contributed by atoms with van der Waals surface area (Å²) < 4.78 is 13.3. The SMILES string of the molecule is CCCNCC(O)c1ccc(Cl)cc1F. The first-order chi connectivity index (χ1) is 7.15. The number of hydrogen-bond acceptors (Lipinski definition) is 2. The van der Waals surface area contributed by atoms with E-state index in [0.29, 0.717) is 11.6 Å². The largest absolute Gasteiger partial charge is 0.387 e. The summed E-state index contributed by atoms with van der Waals surface area (Å²) in [4.78, 5) is 0. The van der Waals surface area contributed by atoms with Gasteiger partial charge in [-0.3, -0.25) is 0 Å². The Balaban J connectivity index is 2.61. The smallest absolute Gasteiger partial charge is 0.130 e. The minimum absolute atomic E-state index is 0.281. The van der Waals surface area contributed by atoms with E-state index in [1.54, 1.807) is 6.07 Å². The summed E-state index contributed by atoms with van der Waals surface area (Å²) in [5.41, 5.74) is 0.281. The highest BCUT2D eigenvalue weighted by Gasteiger charge is 2.12. The standard InChI is InChI=1S/C11H15ClFNO/c1-2-5-14-7-11(15)9-4-3-8(12)6-10(9)13/h3-4,6,11,14-15H,2,5,7H2,1H3. The molecule has 4 heteroatoms. The molecule has 0 aromatic heterocycles. The molecule has 0 bridgehead atoms. The lowest BCUT2D eigenvalue weighted by atomic mass is 10.1. The highest BCUT2D eigenvalue weighted by molar-refractivity contribution is 6.30. The third kappa shape index (κ3) is 3.78. The van der Waals surface area contributed by atoms with Crippen molar-refractivity contribution in [3.63, 3.8) is 0 Å². The summed E-state index contributed by atoms with van der Waals surface area (Å²) >= 11 is 5.61. The van der Waals surface area contributed by atoms with Crippen LogP contribution in [0, 0.1) is 5.82 Å². The summed E-state index contributed by atoms with van der Waals surface area (Å²) in [6.07, 6.45) is 0.157. The van der Waals surface area contributed by atoms with Gasteiger partial charge in [0, 0.05) is 17.1 Å². The van der Waals surface area contributed by atoms with Crippen LogP contribution in [0.3, 0.4) is 0 Å². The fourth-order valence-corrected chi connectivity index (χ4v) is 1.46. The van der Waals surface area contributed by atoms with Crippen LogP contribution in [0.5, 0.6) is 0 Å². The summed E-state index contributed by atoms with van der Waals surface area (Å²) in [5.74, 6) is -0.465. The molecule has 1 aromatic rings. The Labute approximate surface area is 94.1 Å². The van der Waals surface area contributed by atoms with E-state index >= 15 is 0 Å². The molecule has 2 N–H and O–H groups in total. The number of halogens is 2. The fourth-order valence-electron chi connectivity index (χ4n) is 1.30. The summed E-state index contributed by atoms with van der Waals surface area (Å²) in [7, 11) is 0. The van der Waals surface area contributed by atoms with Crippen LogP contribution < -0.4 is 5.32 Å². The number of aliphatic hydroxyl groups excluding tert-OH is 1. The van der Waals surface area contributed by atoms with Gasteiger partial charge in [0.15, 0.2) is 0 Å². The van der Waals surface area contributed by atoms with Gasteiger partial charge in [-0.25, -0.2) is 4.39 Å². The van der Waals surface area contributed by atoms with Gasteiger partial charge in [-0.1, -0.05) is 24.6 Å². The maximum Gasteiger partial charge on any atom is 0.130 e. The molecule has 1 unspecified atom stereocenters. The maximum absolute atomic E-state index is 13.3. The molecule has 84 valence electrons. The van der Waals surface area contributed by atoms with E-state index in [-0.39, 0.29) is 5.56 Å². The van der Waals surface area contributed by atoms with Gasteiger partial charge in [0.05, 0.1) is 6.10 Å². The van der Waals surface area contributed by atoms with Crippen LogP contribution in [0.2, 0.25) is 5.02 Å². The van der Waals surface area contributed by atoms with Crippen molar-refractivity contribution in [1.29, 1.82) is 0 Å². The molecule has 0 amide bonds.